The summed E-state index contributed by atoms with van der Waals surface area (Å²) in [4.78, 5) is 19.1. The Labute approximate surface area is 181 Å². The third-order valence-corrected chi connectivity index (χ3v) is 6.53. The molecule has 0 fully saturated rings. The molecule has 5 heteroatoms. The Hall–Kier alpha value is -2.81. The topological polar surface area (TPSA) is 41.4 Å². The summed E-state index contributed by atoms with van der Waals surface area (Å²) in [6.45, 7) is 3.80. The van der Waals surface area contributed by atoms with Gasteiger partial charge in [-0.15, -0.1) is 11.3 Å². The number of hydrogen-bond donors (Lipinski definition) is 0. The Bertz CT molecular complexity index is 1120. The van der Waals surface area contributed by atoms with Gasteiger partial charge in [0.1, 0.15) is 0 Å². The lowest BCUT2D eigenvalue weighted by Crippen LogP contribution is -2.31. The van der Waals surface area contributed by atoms with Gasteiger partial charge in [-0.1, -0.05) is 30.0 Å². The van der Waals surface area contributed by atoms with Crippen molar-refractivity contribution in [1.82, 2.24) is 14.9 Å². The molecule has 0 atom stereocenters. The molecule has 0 saturated heterocycles. The maximum Gasteiger partial charge on any atom is 0.173 e. The number of aromatic nitrogens is 2. The summed E-state index contributed by atoms with van der Waals surface area (Å²) in [5.74, 6) is 7.38. The molecule has 2 aromatic heterocycles. The molecule has 2 aliphatic rings. The van der Waals surface area contributed by atoms with Crippen LogP contribution in [0.3, 0.4) is 0 Å². The fraction of sp³-hybridized carbons (Fsp3) is 0.320. The van der Waals surface area contributed by atoms with Crippen LogP contribution < -0.4 is 0 Å². The highest BCUT2D eigenvalue weighted by molar-refractivity contribution is 7.12. The zero-order valence-corrected chi connectivity index (χ0v) is 17.8. The molecule has 30 heavy (non-hydrogen) atoms. The molecule has 150 valence electrons. The fourth-order valence-electron chi connectivity index (χ4n) is 3.93. The van der Waals surface area contributed by atoms with Gasteiger partial charge in [0.05, 0.1) is 16.3 Å². The summed E-state index contributed by atoms with van der Waals surface area (Å²) < 4.78 is 0. The number of aliphatic imine (C=N–C) groups is 1. The van der Waals surface area contributed by atoms with E-state index in [0.29, 0.717) is 0 Å². The Morgan fingerprint density at radius 3 is 2.80 bits per heavy atom. The second kappa shape index (κ2) is 8.91. The Kier molecular flexibility index (Phi) is 5.69. The molecule has 4 nitrogen and oxygen atoms in total. The minimum Gasteiger partial charge on any atom is -0.293 e. The molecule has 1 aromatic carbocycles. The van der Waals surface area contributed by atoms with E-state index >= 15 is 0 Å². The van der Waals surface area contributed by atoms with E-state index in [0.717, 1.165) is 61.0 Å². The Morgan fingerprint density at radius 2 is 1.93 bits per heavy atom. The lowest BCUT2D eigenvalue weighted by atomic mass is 10.1. The molecule has 4 heterocycles. The van der Waals surface area contributed by atoms with Crippen LogP contribution in [-0.2, 0) is 19.5 Å². The van der Waals surface area contributed by atoms with Gasteiger partial charge in [-0.25, -0.2) is 9.97 Å². The number of rotatable bonds is 3. The van der Waals surface area contributed by atoms with Gasteiger partial charge in [-0.05, 0) is 43.5 Å². The first-order chi connectivity index (χ1) is 14.8. The van der Waals surface area contributed by atoms with Crippen LogP contribution in [0.2, 0.25) is 0 Å². The summed E-state index contributed by atoms with van der Waals surface area (Å²) >= 11 is 1.79. The van der Waals surface area contributed by atoms with Crippen molar-refractivity contribution in [2.24, 2.45) is 4.99 Å². The second-order valence-corrected chi connectivity index (χ2v) is 8.96. The van der Waals surface area contributed by atoms with Crippen LogP contribution in [0.25, 0.3) is 0 Å². The first kappa shape index (κ1) is 19.2. The molecule has 0 aliphatic carbocycles. The van der Waals surface area contributed by atoms with E-state index in [1.807, 2.05) is 36.5 Å². The molecule has 0 bridgehead atoms. The summed E-state index contributed by atoms with van der Waals surface area (Å²) in [5, 5.41) is 0. The quantitative estimate of drug-likeness (QED) is 0.596. The average molecular weight is 413 g/mol. The standard InChI is InChI=1S/C25H24N4S/c1-2-6-19(7-3-1)9-10-21-11-12-22(30-21)18-29-15-13-23-20(17-29)16-27-25(28-23)24-8-4-5-14-26-24/h1-3,6-7,11-12,16H,4-5,8,13-15,17-18H2. The third kappa shape index (κ3) is 4.51. The maximum atomic E-state index is 4.85. The van der Waals surface area contributed by atoms with Gasteiger partial charge >= 0.3 is 0 Å². The first-order valence-corrected chi connectivity index (χ1v) is 11.4. The van der Waals surface area contributed by atoms with Crippen molar-refractivity contribution in [3.05, 3.63) is 81.1 Å². The molecule has 2 aliphatic heterocycles. The van der Waals surface area contributed by atoms with Gasteiger partial charge in [-0.2, -0.15) is 0 Å². The summed E-state index contributed by atoms with van der Waals surface area (Å²) in [6.07, 6.45) is 6.40. The average Bonchev–Trinajstić information content (AvgIpc) is 3.26. The van der Waals surface area contributed by atoms with Gasteiger partial charge in [0.2, 0.25) is 0 Å². The molecule has 0 spiro atoms. The highest BCUT2D eigenvalue weighted by Crippen LogP contribution is 2.23. The van der Waals surface area contributed by atoms with E-state index < -0.39 is 0 Å². The number of nitrogens with zero attached hydrogens (tertiary/aromatic N) is 4. The van der Waals surface area contributed by atoms with Crippen LogP contribution in [-0.4, -0.2) is 33.7 Å². The van der Waals surface area contributed by atoms with E-state index in [1.165, 1.54) is 29.0 Å². The zero-order chi connectivity index (χ0) is 20.2. The molecule has 5 rings (SSSR count). The lowest BCUT2D eigenvalue weighted by molar-refractivity contribution is 0.245. The minimum atomic E-state index is 0.849. The molecule has 0 radical (unpaired) electrons. The zero-order valence-electron chi connectivity index (χ0n) is 17.0. The molecule has 0 saturated carbocycles. The number of benzene rings is 1. The van der Waals surface area contributed by atoms with Crippen molar-refractivity contribution >= 4 is 17.0 Å². The summed E-state index contributed by atoms with van der Waals surface area (Å²) in [6, 6.07) is 14.5. The van der Waals surface area contributed by atoms with Crippen LogP contribution in [0.4, 0.5) is 0 Å². The van der Waals surface area contributed by atoms with Crippen molar-refractivity contribution in [3.8, 4) is 11.8 Å². The molecule has 0 amide bonds. The van der Waals surface area contributed by atoms with Crippen LogP contribution in [0.1, 0.15) is 51.7 Å². The van der Waals surface area contributed by atoms with Crippen molar-refractivity contribution in [1.29, 1.82) is 0 Å². The highest BCUT2D eigenvalue weighted by Gasteiger charge is 2.20. The van der Waals surface area contributed by atoms with E-state index in [2.05, 4.69) is 38.8 Å². The van der Waals surface area contributed by atoms with Gasteiger partial charge in [0, 0.05) is 54.8 Å². The normalized spacial score (nSPS) is 16.3. The van der Waals surface area contributed by atoms with Crippen LogP contribution in [0, 0.1) is 11.8 Å². The largest absolute Gasteiger partial charge is 0.293 e. The lowest BCUT2D eigenvalue weighted by Gasteiger charge is -2.27. The van der Waals surface area contributed by atoms with Gasteiger partial charge in [-0.3, -0.25) is 9.89 Å². The SMILES string of the molecule is C(#Cc1ccc(CN2CCc3nc(C4=NCCCC4)ncc3C2)s1)c1ccccc1. The number of hydrogen-bond acceptors (Lipinski definition) is 5. The molecule has 3 aromatic rings. The number of fused-ring (bicyclic) bond motifs is 1. The van der Waals surface area contributed by atoms with E-state index in [-0.39, 0.29) is 0 Å². The highest BCUT2D eigenvalue weighted by atomic mass is 32.1. The van der Waals surface area contributed by atoms with E-state index in [4.69, 9.17) is 4.98 Å². The van der Waals surface area contributed by atoms with Gasteiger partial charge < -0.3 is 0 Å². The number of thiophene rings is 1. The van der Waals surface area contributed by atoms with Crippen molar-refractivity contribution in [3.63, 3.8) is 0 Å². The second-order valence-electron chi connectivity index (χ2n) is 7.79. The summed E-state index contributed by atoms with van der Waals surface area (Å²) in [5.41, 5.74) is 4.60. The van der Waals surface area contributed by atoms with Gasteiger partial charge in [0.25, 0.3) is 0 Å². The summed E-state index contributed by atoms with van der Waals surface area (Å²) in [7, 11) is 0. The van der Waals surface area contributed by atoms with Crippen LogP contribution >= 0.6 is 11.3 Å². The Morgan fingerprint density at radius 1 is 1.00 bits per heavy atom. The first-order valence-electron chi connectivity index (χ1n) is 10.6. The molecular weight excluding hydrogens is 388 g/mol. The smallest absolute Gasteiger partial charge is 0.173 e. The van der Waals surface area contributed by atoms with Crippen molar-refractivity contribution in [2.45, 2.75) is 38.8 Å². The predicted molar refractivity (Wildman–Crippen MR) is 122 cm³/mol. The fourth-order valence-corrected chi connectivity index (χ4v) is 4.84. The maximum absolute atomic E-state index is 4.85. The van der Waals surface area contributed by atoms with Crippen molar-refractivity contribution < 1.29 is 0 Å². The van der Waals surface area contributed by atoms with Crippen molar-refractivity contribution in [2.75, 3.05) is 13.1 Å². The minimum absolute atomic E-state index is 0.849. The van der Waals surface area contributed by atoms with E-state index in [1.54, 1.807) is 11.3 Å². The molecule has 0 N–H and O–H groups in total. The predicted octanol–water partition coefficient (Wildman–Crippen LogP) is 4.47. The van der Waals surface area contributed by atoms with E-state index in [9.17, 15) is 0 Å². The molecular formula is C25H24N4S. The monoisotopic (exact) mass is 412 g/mol. The van der Waals surface area contributed by atoms with Gasteiger partial charge in [0.15, 0.2) is 5.82 Å². The van der Waals surface area contributed by atoms with Crippen LogP contribution in [0.15, 0.2) is 53.7 Å². The molecule has 0 unspecified atom stereocenters. The third-order valence-electron chi connectivity index (χ3n) is 5.54. The van der Waals surface area contributed by atoms with Crippen LogP contribution in [0.5, 0.6) is 0 Å². The Balaban J connectivity index is 1.23.